The molecule has 0 bridgehead atoms. The number of fused-ring (bicyclic) bond motifs is 1. The zero-order valence-electron chi connectivity index (χ0n) is 17.1. The van der Waals surface area contributed by atoms with E-state index in [0.29, 0.717) is 31.5 Å². The van der Waals surface area contributed by atoms with E-state index in [4.69, 9.17) is 11.6 Å². The van der Waals surface area contributed by atoms with Gasteiger partial charge in [-0.05, 0) is 31.2 Å². The molecule has 1 aromatic heterocycles. The van der Waals surface area contributed by atoms with Crippen LogP contribution in [0.4, 0.5) is 13.2 Å². The van der Waals surface area contributed by atoms with Crippen molar-refractivity contribution < 1.29 is 21.6 Å². The van der Waals surface area contributed by atoms with Gasteiger partial charge in [-0.1, -0.05) is 29.8 Å². The highest BCUT2D eigenvalue weighted by atomic mass is 35.5. The highest BCUT2D eigenvalue weighted by molar-refractivity contribution is 7.89. The van der Waals surface area contributed by atoms with E-state index in [1.54, 1.807) is 0 Å². The summed E-state index contributed by atoms with van der Waals surface area (Å²) in [5.41, 5.74) is 0.553. The number of rotatable bonds is 4. The van der Waals surface area contributed by atoms with Crippen LogP contribution in [0.5, 0.6) is 0 Å². The Bertz CT molecular complexity index is 1260. The number of halogens is 4. The van der Waals surface area contributed by atoms with E-state index >= 15 is 0 Å². The van der Waals surface area contributed by atoms with Crippen molar-refractivity contribution in [2.45, 2.75) is 24.5 Å². The minimum absolute atomic E-state index is 0.152. The van der Waals surface area contributed by atoms with Gasteiger partial charge in [-0.25, -0.2) is 18.4 Å². The summed E-state index contributed by atoms with van der Waals surface area (Å²) in [6, 6.07) is 10.4. The molecule has 1 fully saturated rings. The maximum absolute atomic E-state index is 13.1. The summed E-state index contributed by atoms with van der Waals surface area (Å²) in [5.74, 6) is 0.644. The topological polar surface area (TPSA) is 66.4 Å². The van der Waals surface area contributed by atoms with Crippen molar-refractivity contribution in [3.8, 4) is 0 Å². The van der Waals surface area contributed by atoms with Gasteiger partial charge in [0.1, 0.15) is 5.82 Å². The molecular formula is C21H20ClF3N4O2S. The molecule has 2 heterocycles. The molecule has 0 atom stereocenters. The van der Waals surface area contributed by atoms with Gasteiger partial charge in [0.05, 0.1) is 27.5 Å². The van der Waals surface area contributed by atoms with Crippen molar-refractivity contribution in [1.82, 2.24) is 19.2 Å². The largest absolute Gasteiger partial charge is 0.417 e. The van der Waals surface area contributed by atoms with Crippen LogP contribution in [0.2, 0.25) is 5.02 Å². The molecule has 11 heteroatoms. The van der Waals surface area contributed by atoms with Crippen LogP contribution in [0.25, 0.3) is 10.9 Å². The molecule has 3 aromatic rings. The Morgan fingerprint density at radius 3 is 2.41 bits per heavy atom. The fraction of sp³-hybridized carbons (Fsp3) is 0.333. The normalized spacial score (nSPS) is 16.5. The third kappa shape index (κ3) is 4.59. The summed E-state index contributed by atoms with van der Waals surface area (Å²) in [7, 11) is -4.08. The number of para-hydroxylation sites is 1. The lowest BCUT2D eigenvalue weighted by atomic mass is 10.2. The molecule has 2 aromatic carbocycles. The van der Waals surface area contributed by atoms with Gasteiger partial charge in [0.15, 0.2) is 0 Å². The first-order valence-corrected chi connectivity index (χ1v) is 11.7. The van der Waals surface area contributed by atoms with Gasteiger partial charge >= 0.3 is 6.18 Å². The fourth-order valence-electron chi connectivity index (χ4n) is 3.72. The molecule has 0 radical (unpaired) electrons. The lowest BCUT2D eigenvalue weighted by Crippen LogP contribution is -2.48. The summed E-state index contributed by atoms with van der Waals surface area (Å²) >= 11 is 5.61. The second-order valence-electron chi connectivity index (χ2n) is 7.56. The third-order valence-corrected chi connectivity index (χ3v) is 7.64. The molecule has 6 nitrogen and oxygen atoms in total. The molecule has 0 amide bonds. The number of benzene rings is 2. The minimum atomic E-state index is -4.74. The number of hydrogen-bond donors (Lipinski definition) is 0. The van der Waals surface area contributed by atoms with Crippen molar-refractivity contribution in [3.05, 3.63) is 64.6 Å². The molecule has 0 spiro atoms. The first kappa shape index (κ1) is 22.9. The number of hydrogen-bond acceptors (Lipinski definition) is 5. The molecule has 0 unspecified atom stereocenters. The fourth-order valence-corrected chi connectivity index (χ4v) is 5.40. The zero-order chi connectivity index (χ0) is 23.1. The van der Waals surface area contributed by atoms with Gasteiger partial charge in [0.25, 0.3) is 0 Å². The minimum Gasteiger partial charge on any atom is -0.293 e. The summed E-state index contributed by atoms with van der Waals surface area (Å²) < 4.78 is 66.4. The van der Waals surface area contributed by atoms with Gasteiger partial charge in [-0.2, -0.15) is 17.5 Å². The highest BCUT2D eigenvalue weighted by Crippen LogP contribution is 2.36. The SMILES string of the molecule is Cc1nc(CN2CCN(S(=O)(=O)c3ccc(Cl)c(C(F)(F)F)c3)CC2)nc2ccccc12. The average molecular weight is 485 g/mol. The van der Waals surface area contributed by atoms with E-state index in [9.17, 15) is 21.6 Å². The Kier molecular flexibility index (Phi) is 6.15. The molecule has 4 rings (SSSR count). The number of piperazine rings is 1. The third-order valence-electron chi connectivity index (χ3n) is 5.42. The molecule has 0 saturated carbocycles. The maximum Gasteiger partial charge on any atom is 0.417 e. The molecular weight excluding hydrogens is 465 g/mol. The number of alkyl halides is 3. The zero-order valence-corrected chi connectivity index (χ0v) is 18.7. The second-order valence-corrected chi connectivity index (χ2v) is 9.91. The monoisotopic (exact) mass is 484 g/mol. The predicted octanol–water partition coefficient (Wildman–Crippen LogP) is 4.12. The molecule has 1 saturated heterocycles. The van der Waals surface area contributed by atoms with Crippen LogP contribution >= 0.6 is 11.6 Å². The average Bonchev–Trinajstić information content (AvgIpc) is 2.73. The van der Waals surface area contributed by atoms with E-state index in [1.807, 2.05) is 36.1 Å². The Labute approximate surface area is 188 Å². The van der Waals surface area contributed by atoms with Crippen LogP contribution in [0, 0.1) is 6.92 Å². The lowest BCUT2D eigenvalue weighted by Gasteiger charge is -2.33. The van der Waals surface area contributed by atoms with Gasteiger partial charge < -0.3 is 0 Å². The van der Waals surface area contributed by atoms with Gasteiger partial charge in [0, 0.05) is 37.3 Å². The smallest absolute Gasteiger partial charge is 0.293 e. The Balaban J connectivity index is 1.47. The maximum atomic E-state index is 13.1. The number of aromatic nitrogens is 2. The van der Waals surface area contributed by atoms with E-state index in [1.165, 1.54) is 4.31 Å². The van der Waals surface area contributed by atoms with Crippen LogP contribution in [0.1, 0.15) is 17.1 Å². The van der Waals surface area contributed by atoms with Gasteiger partial charge in [-0.15, -0.1) is 0 Å². The van der Waals surface area contributed by atoms with Crippen molar-refractivity contribution in [3.63, 3.8) is 0 Å². The molecule has 32 heavy (non-hydrogen) atoms. The Morgan fingerprint density at radius 2 is 1.72 bits per heavy atom. The first-order valence-electron chi connectivity index (χ1n) is 9.87. The second kappa shape index (κ2) is 8.58. The van der Waals surface area contributed by atoms with Crippen LogP contribution < -0.4 is 0 Å². The number of nitrogens with zero attached hydrogens (tertiary/aromatic N) is 4. The predicted molar refractivity (Wildman–Crippen MR) is 115 cm³/mol. The van der Waals surface area contributed by atoms with Crippen LogP contribution in [0.15, 0.2) is 47.4 Å². The molecule has 1 aliphatic heterocycles. The summed E-state index contributed by atoms with van der Waals surface area (Å²) in [4.78, 5) is 10.7. The molecule has 1 aliphatic rings. The van der Waals surface area contributed by atoms with Crippen LogP contribution in [0.3, 0.4) is 0 Å². The summed E-state index contributed by atoms with van der Waals surface area (Å²) in [6.45, 7) is 3.50. The van der Waals surface area contributed by atoms with E-state index in [2.05, 4.69) is 9.97 Å². The van der Waals surface area contributed by atoms with Crippen molar-refractivity contribution in [2.24, 2.45) is 0 Å². The van der Waals surface area contributed by atoms with Crippen LogP contribution in [-0.4, -0.2) is 53.8 Å². The molecule has 0 N–H and O–H groups in total. The number of sulfonamides is 1. The van der Waals surface area contributed by atoms with Gasteiger partial charge in [0.2, 0.25) is 10.0 Å². The summed E-state index contributed by atoms with van der Waals surface area (Å²) in [6.07, 6.45) is -4.74. The Hall–Kier alpha value is -2.27. The van der Waals surface area contributed by atoms with Crippen molar-refractivity contribution in [2.75, 3.05) is 26.2 Å². The lowest BCUT2D eigenvalue weighted by molar-refractivity contribution is -0.137. The standard InChI is InChI=1S/C21H20ClF3N4O2S/c1-14-16-4-2-3-5-19(16)27-20(26-14)13-28-8-10-29(11-9-28)32(30,31)15-6-7-18(22)17(12-15)21(23,24)25/h2-7,12H,8-11,13H2,1H3. The van der Waals surface area contributed by atoms with Crippen molar-refractivity contribution >= 4 is 32.5 Å². The molecule has 0 aliphatic carbocycles. The van der Waals surface area contributed by atoms with E-state index < -0.39 is 31.7 Å². The van der Waals surface area contributed by atoms with E-state index in [-0.39, 0.29) is 13.1 Å². The van der Waals surface area contributed by atoms with Gasteiger partial charge in [-0.3, -0.25) is 4.90 Å². The summed E-state index contributed by atoms with van der Waals surface area (Å²) in [5, 5.41) is 0.445. The van der Waals surface area contributed by atoms with Crippen molar-refractivity contribution in [1.29, 1.82) is 0 Å². The Morgan fingerprint density at radius 1 is 1.03 bits per heavy atom. The highest BCUT2D eigenvalue weighted by Gasteiger charge is 2.36. The van der Waals surface area contributed by atoms with E-state index in [0.717, 1.165) is 28.7 Å². The number of aryl methyl sites for hydroxylation is 1. The first-order chi connectivity index (χ1) is 15.1. The molecule has 170 valence electrons. The quantitative estimate of drug-likeness (QED) is 0.557. The van der Waals surface area contributed by atoms with Crippen LogP contribution in [-0.2, 0) is 22.7 Å².